The van der Waals surface area contributed by atoms with Crippen molar-refractivity contribution in [3.05, 3.63) is 71.8 Å². The van der Waals surface area contributed by atoms with Crippen LogP contribution in [0, 0.1) is 0 Å². The molecule has 3 nitrogen and oxygen atoms in total. The van der Waals surface area contributed by atoms with E-state index in [2.05, 4.69) is 0 Å². The molecular formula is C17H18O3. The third-order valence-electron chi connectivity index (χ3n) is 2.97. The fourth-order valence-electron chi connectivity index (χ4n) is 1.95. The Hall–Kier alpha value is -1.97. The standard InChI is InChI=1S/C17H18O3/c1-19-12-13-20-17(15-10-6-3-7-11-15)16(18)14-8-4-2-5-9-14/h2-11,17H,12-13H2,1H3. The van der Waals surface area contributed by atoms with Gasteiger partial charge in [-0.3, -0.25) is 4.79 Å². The van der Waals surface area contributed by atoms with E-state index >= 15 is 0 Å². The SMILES string of the molecule is COCCOC(C(=O)c1ccccc1)c1ccccc1. The number of benzene rings is 2. The van der Waals surface area contributed by atoms with Crippen molar-refractivity contribution < 1.29 is 14.3 Å². The third-order valence-corrected chi connectivity index (χ3v) is 2.97. The highest BCUT2D eigenvalue weighted by Crippen LogP contribution is 2.22. The van der Waals surface area contributed by atoms with Gasteiger partial charge in [-0.2, -0.15) is 0 Å². The number of carbonyl (C=O) groups excluding carboxylic acids is 1. The predicted molar refractivity (Wildman–Crippen MR) is 77.8 cm³/mol. The van der Waals surface area contributed by atoms with E-state index in [1.807, 2.05) is 48.5 Å². The molecule has 0 aromatic heterocycles. The molecule has 104 valence electrons. The van der Waals surface area contributed by atoms with E-state index in [9.17, 15) is 4.79 Å². The lowest BCUT2D eigenvalue weighted by molar-refractivity contribution is 0.0182. The summed E-state index contributed by atoms with van der Waals surface area (Å²) in [5.41, 5.74) is 1.51. The number of hydrogen-bond acceptors (Lipinski definition) is 3. The van der Waals surface area contributed by atoms with Crippen LogP contribution in [0.15, 0.2) is 60.7 Å². The maximum absolute atomic E-state index is 12.6. The van der Waals surface area contributed by atoms with Crippen molar-refractivity contribution in [2.75, 3.05) is 20.3 Å². The van der Waals surface area contributed by atoms with Crippen LogP contribution in [0.25, 0.3) is 0 Å². The molecule has 2 rings (SSSR count). The molecule has 2 aromatic carbocycles. The lowest BCUT2D eigenvalue weighted by Crippen LogP contribution is -2.18. The van der Waals surface area contributed by atoms with Crippen LogP contribution in [0.4, 0.5) is 0 Å². The van der Waals surface area contributed by atoms with Crippen molar-refractivity contribution in [3.63, 3.8) is 0 Å². The summed E-state index contributed by atoms with van der Waals surface area (Å²) in [6.45, 7) is 0.847. The summed E-state index contributed by atoms with van der Waals surface area (Å²) in [6, 6.07) is 18.7. The van der Waals surface area contributed by atoms with Gasteiger partial charge in [0.05, 0.1) is 13.2 Å². The van der Waals surface area contributed by atoms with Crippen LogP contribution in [0.2, 0.25) is 0 Å². The fourth-order valence-corrected chi connectivity index (χ4v) is 1.95. The minimum Gasteiger partial charge on any atom is -0.382 e. The van der Waals surface area contributed by atoms with Crippen molar-refractivity contribution in [1.29, 1.82) is 0 Å². The number of methoxy groups -OCH3 is 1. The summed E-state index contributed by atoms with van der Waals surface area (Å²) < 4.78 is 10.7. The zero-order valence-electron chi connectivity index (χ0n) is 11.5. The first kappa shape index (κ1) is 14.4. The first-order valence-corrected chi connectivity index (χ1v) is 6.57. The molecule has 0 saturated heterocycles. The van der Waals surface area contributed by atoms with E-state index in [4.69, 9.17) is 9.47 Å². The average Bonchev–Trinajstić information content (AvgIpc) is 2.53. The lowest BCUT2D eigenvalue weighted by Gasteiger charge is -2.17. The fraction of sp³-hybridized carbons (Fsp3) is 0.235. The quantitative estimate of drug-likeness (QED) is 0.572. The molecule has 0 aliphatic rings. The van der Waals surface area contributed by atoms with Crippen LogP contribution < -0.4 is 0 Å². The maximum Gasteiger partial charge on any atom is 0.196 e. The second kappa shape index (κ2) is 7.58. The minimum absolute atomic E-state index is 0.0343. The zero-order chi connectivity index (χ0) is 14.2. The van der Waals surface area contributed by atoms with Crippen LogP contribution >= 0.6 is 0 Å². The Balaban J connectivity index is 2.20. The molecule has 0 aliphatic carbocycles. The molecular weight excluding hydrogens is 252 g/mol. The molecule has 20 heavy (non-hydrogen) atoms. The van der Waals surface area contributed by atoms with Crippen LogP contribution in [0.3, 0.4) is 0 Å². The van der Waals surface area contributed by atoms with Crippen molar-refractivity contribution >= 4 is 5.78 Å². The second-order valence-electron chi connectivity index (χ2n) is 4.38. The van der Waals surface area contributed by atoms with E-state index in [-0.39, 0.29) is 5.78 Å². The summed E-state index contributed by atoms with van der Waals surface area (Å²) in [5.74, 6) is -0.0343. The van der Waals surface area contributed by atoms with Gasteiger partial charge in [0.2, 0.25) is 0 Å². The number of hydrogen-bond donors (Lipinski definition) is 0. The average molecular weight is 270 g/mol. The number of ketones is 1. The van der Waals surface area contributed by atoms with Gasteiger partial charge < -0.3 is 9.47 Å². The second-order valence-corrected chi connectivity index (χ2v) is 4.38. The summed E-state index contributed by atoms with van der Waals surface area (Å²) in [6.07, 6.45) is -0.589. The zero-order valence-corrected chi connectivity index (χ0v) is 11.5. The summed E-state index contributed by atoms with van der Waals surface area (Å²) >= 11 is 0. The van der Waals surface area contributed by atoms with Crippen molar-refractivity contribution in [3.8, 4) is 0 Å². The molecule has 3 heteroatoms. The highest BCUT2D eigenvalue weighted by atomic mass is 16.5. The van der Waals surface area contributed by atoms with Crippen molar-refractivity contribution in [2.45, 2.75) is 6.10 Å². The van der Waals surface area contributed by atoms with Gasteiger partial charge in [0.25, 0.3) is 0 Å². The third kappa shape index (κ3) is 3.76. The van der Waals surface area contributed by atoms with Crippen LogP contribution in [0.1, 0.15) is 22.0 Å². The molecule has 0 amide bonds. The van der Waals surface area contributed by atoms with Crippen molar-refractivity contribution in [2.24, 2.45) is 0 Å². The molecule has 0 radical (unpaired) electrons. The van der Waals surface area contributed by atoms with Crippen LogP contribution in [-0.2, 0) is 9.47 Å². The number of ether oxygens (including phenoxy) is 2. The summed E-state index contributed by atoms with van der Waals surface area (Å²) in [4.78, 5) is 12.6. The van der Waals surface area contributed by atoms with E-state index < -0.39 is 6.10 Å². The van der Waals surface area contributed by atoms with Gasteiger partial charge in [-0.15, -0.1) is 0 Å². The smallest absolute Gasteiger partial charge is 0.196 e. The van der Waals surface area contributed by atoms with E-state index in [1.165, 1.54) is 0 Å². The molecule has 0 spiro atoms. The highest BCUT2D eigenvalue weighted by molar-refractivity contribution is 6.00. The largest absolute Gasteiger partial charge is 0.382 e. The Kier molecular flexibility index (Phi) is 5.47. The monoisotopic (exact) mass is 270 g/mol. The number of Topliss-reactive ketones (excluding diaryl/α,β-unsaturated/α-hetero) is 1. The molecule has 1 unspecified atom stereocenters. The van der Waals surface area contributed by atoms with Gasteiger partial charge in [0.15, 0.2) is 5.78 Å². The highest BCUT2D eigenvalue weighted by Gasteiger charge is 2.22. The van der Waals surface area contributed by atoms with Gasteiger partial charge in [-0.25, -0.2) is 0 Å². The number of rotatable bonds is 7. The number of carbonyl (C=O) groups is 1. The van der Waals surface area contributed by atoms with Gasteiger partial charge in [-0.1, -0.05) is 60.7 Å². The lowest BCUT2D eigenvalue weighted by atomic mass is 10.00. The Bertz CT molecular complexity index is 522. The summed E-state index contributed by atoms with van der Waals surface area (Å²) in [5, 5.41) is 0. The minimum atomic E-state index is -0.589. The van der Waals surface area contributed by atoms with Gasteiger partial charge >= 0.3 is 0 Å². The topological polar surface area (TPSA) is 35.5 Å². The Morgan fingerprint density at radius 1 is 0.950 bits per heavy atom. The molecule has 0 bridgehead atoms. The van der Waals surface area contributed by atoms with Crippen LogP contribution in [0.5, 0.6) is 0 Å². The molecule has 0 saturated carbocycles. The molecule has 0 heterocycles. The van der Waals surface area contributed by atoms with Crippen LogP contribution in [-0.4, -0.2) is 26.1 Å². The molecule has 0 N–H and O–H groups in total. The van der Waals surface area contributed by atoms with E-state index in [0.717, 1.165) is 5.56 Å². The first-order chi connectivity index (χ1) is 9.83. The molecule has 0 fully saturated rings. The molecule has 0 aliphatic heterocycles. The van der Waals surface area contributed by atoms with Gasteiger partial charge in [0, 0.05) is 12.7 Å². The Morgan fingerprint density at radius 3 is 2.15 bits per heavy atom. The Morgan fingerprint density at radius 2 is 1.55 bits per heavy atom. The Labute approximate surface area is 119 Å². The summed E-state index contributed by atoms with van der Waals surface area (Å²) in [7, 11) is 1.61. The maximum atomic E-state index is 12.6. The van der Waals surface area contributed by atoms with E-state index in [1.54, 1.807) is 19.2 Å². The molecule has 1 atom stereocenters. The van der Waals surface area contributed by atoms with Gasteiger partial charge in [0.1, 0.15) is 6.10 Å². The van der Waals surface area contributed by atoms with Crippen molar-refractivity contribution in [1.82, 2.24) is 0 Å². The normalized spacial score (nSPS) is 12.1. The predicted octanol–water partition coefficient (Wildman–Crippen LogP) is 3.27. The first-order valence-electron chi connectivity index (χ1n) is 6.57. The van der Waals surface area contributed by atoms with Gasteiger partial charge in [-0.05, 0) is 5.56 Å². The molecule has 2 aromatic rings. The van der Waals surface area contributed by atoms with E-state index in [0.29, 0.717) is 18.8 Å².